The zero-order valence-electron chi connectivity index (χ0n) is 8.63. The van der Waals surface area contributed by atoms with Gasteiger partial charge in [-0.15, -0.1) is 0 Å². The summed E-state index contributed by atoms with van der Waals surface area (Å²) in [5.74, 6) is -0.227. The Morgan fingerprint density at radius 2 is 2.00 bits per heavy atom. The van der Waals surface area contributed by atoms with Crippen molar-refractivity contribution < 1.29 is 14.3 Å². The number of benzene rings is 1. The second-order valence-electron chi connectivity index (χ2n) is 3.26. The molecule has 86 valence electrons. The maximum atomic E-state index is 11.3. The van der Waals surface area contributed by atoms with Gasteiger partial charge in [0.05, 0.1) is 11.4 Å². The van der Waals surface area contributed by atoms with Crippen LogP contribution in [0.2, 0.25) is 5.02 Å². The predicted octanol–water partition coefficient (Wildman–Crippen LogP) is 3.10. The summed E-state index contributed by atoms with van der Waals surface area (Å²) in [7, 11) is 0. The lowest BCUT2D eigenvalue weighted by molar-refractivity contribution is -0.135. The van der Waals surface area contributed by atoms with Gasteiger partial charge >= 0.3 is 5.97 Å². The van der Waals surface area contributed by atoms with Gasteiger partial charge in [0.15, 0.2) is 0 Å². The molecule has 0 aromatic heterocycles. The molecular formula is C11H10Cl2O3. The van der Waals surface area contributed by atoms with Crippen LogP contribution >= 0.6 is 23.2 Å². The van der Waals surface area contributed by atoms with E-state index in [1.165, 1.54) is 0 Å². The van der Waals surface area contributed by atoms with E-state index >= 15 is 0 Å². The zero-order chi connectivity index (χ0) is 12.1. The topological polar surface area (TPSA) is 43.4 Å². The molecule has 0 atom stereocenters. The maximum Gasteiger partial charge on any atom is 0.311 e. The molecule has 1 aromatic rings. The van der Waals surface area contributed by atoms with Crippen LogP contribution in [0.5, 0.6) is 5.75 Å². The molecule has 1 rings (SSSR count). The van der Waals surface area contributed by atoms with Crippen LogP contribution in [0.1, 0.15) is 18.4 Å². The van der Waals surface area contributed by atoms with Crippen molar-refractivity contribution in [2.75, 3.05) is 0 Å². The third kappa shape index (κ3) is 4.21. The summed E-state index contributed by atoms with van der Waals surface area (Å²) >= 11 is 10.9. The number of esters is 1. The fraction of sp³-hybridized carbons (Fsp3) is 0.273. The zero-order valence-corrected chi connectivity index (χ0v) is 10.1. The molecular weight excluding hydrogens is 251 g/mol. The van der Waals surface area contributed by atoms with Crippen LogP contribution < -0.4 is 4.74 Å². The highest BCUT2D eigenvalue weighted by atomic mass is 35.5. The van der Waals surface area contributed by atoms with Gasteiger partial charge in [0.25, 0.3) is 0 Å². The van der Waals surface area contributed by atoms with Crippen molar-refractivity contribution in [1.82, 2.24) is 0 Å². The SMILES string of the molecule is Cc1ccc(Cl)c(OC(=O)CCC(=O)Cl)c1. The Balaban J connectivity index is 2.62. The number of rotatable bonds is 4. The highest BCUT2D eigenvalue weighted by Gasteiger charge is 2.10. The van der Waals surface area contributed by atoms with Gasteiger partial charge in [0.2, 0.25) is 5.24 Å². The molecule has 0 radical (unpaired) electrons. The summed E-state index contributed by atoms with van der Waals surface area (Å²) in [6, 6.07) is 5.11. The Kier molecular flexibility index (Phi) is 4.77. The first-order valence-corrected chi connectivity index (χ1v) is 5.40. The van der Waals surface area contributed by atoms with Gasteiger partial charge in [-0.05, 0) is 36.2 Å². The van der Waals surface area contributed by atoms with Gasteiger partial charge < -0.3 is 4.74 Å². The lowest BCUT2D eigenvalue weighted by Gasteiger charge is -2.06. The molecule has 0 saturated heterocycles. The van der Waals surface area contributed by atoms with Crippen LogP contribution in [0.25, 0.3) is 0 Å². The molecule has 0 aliphatic rings. The number of halogens is 2. The van der Waals surface area contributed by atoms with Gasteiger partial charge in [-0.1, -0.05) is 17.7 Å². The third-order valence-electron chi connectivity index (χ3n) is 1.84. The molecule has 0 saturated carbocycles. The van der Waals surface area contributed by atoms with Crippen LogP contribution in [-0.4, -0.2) is 11.2 Å². The Bertz CT molecular complexity index is 416. The largest absolute Gasteiger partial charge is 0.425 e. The second-order valence-corrected chi connectivity index (χ2v) is 4.09. The number of ether oxygens (including phenoxy) is 1. The average Bonchev–Trinajstić information content (AvgIpc) is 2.20. The Hall–Kier alpha value is -1.06. The summed E-state index contributed by atoms with van der Waals surface area (Å²) in [6.07, 6.45) is -0.0869. The quantitative estimate of drug-likeness (QED) is 0.475. The van der Waals surface area contributed by atoms with Crippen LogP contribution in [-0.2, 0) is 9.59 Å². The normalized spacial score (nSPS) is 9.94. The molecule has 16 heavy (non-hydrogen) atoms. The van der Waals surface area contributed by atoms with Gasteiger partial charge in [-0.2, -0.15) is 0 Å². The van der Waals surface area contributed by atoms with E-state index in [0.29, 0.717) is 10.8 Å². The standard InChI is InChI=1S/C11H10Cl2O3/c1-7-2-3-8(12)9(6-7)16-11(15)5-4-10(13)14/h2-3,6H,4-5H2,1H3. The smallest absolute Gasteiger partial charge is 0.311 e. The highest BCUT2D eigenvalue weighted by molar-refractivity contribution is 6.63. The van der Waals surface area contributed by atoms with Gasteiger partial charge in [-0.3, -0.25) is 9.59 Å². The van der Waals surface area contributed by atoms with E-state index in [4.69, 9.17) is 27.9 Å². The molecule has 0 spiro atoms. The lowest BCUT2D eigenvalue weighted by atomic mass is 10.2. The number of carbonyl (C=O) groups excluding carboxylic acids is 2. The van der Waals surface area contributed by atoms with Crippen LogP contribution in [0.3, 0.4) is 0 Å². The average molecular weight is 261 g/mol. The minimum absolute atomic E-state index is 0.0379. The van der Waals surface area contributed by atoms with Gasteiger partial charge in [0.1, 0.15) is 5.75 Å². The first-order valence-electron chi connectivity index (χ1n) is 4.64. The van der Waals surface area contributed by atoms with E-state index in [1.54, 1.807) is 12.1 Å². The van der Waals surface area contributed by atoms with Crippen molar-refractivity contribution in [2.24, 2.45) is 0 Å². The van der Waals surface area contributed by atoms with Crippen molar-refractivity contribution >= 4 is 34.4 Å². The van der Waals surface area contributed by atoms with E-state index < -0.39 is 11.2 Å². The first-order chi connectivity index (χ1) is 7.49. The van der Waals surface area contributed by atoms with Crippen LogP contribution in [0.15, 0.2) is 18.2 Å². The molecule has 0 aliphatic carbocycles. The van der Waals surface area contributed by atoms with Crippen molar-refractivity contribution in [3.8, 4) is 5.75 Å². The number of carbonyl (C=O) groups is 2. The van der Waals surface area contributed by atoms with Gasteiger partial charge in [-0.25, -0.2) is 0 Å². The lowest BCUT2D eigenvalue weighted by Crippen LogP contribution is -2.09. The molecule has 1 aromatic carbocycles. The first kappa shape index (κ1) is 13.0. The van der Waals surface area contributed by atoms with Gasteiger partial charge in [0, 0.05) is 6.42 Å². The van der Waals surface area contributed by atoms with E-state index in [0.717, 1.165) is 5.56 Å². The Morgan fingerprint density at radius 1 is 1.31 bits per heavy atom. The molecule has 0 bridgehead atoms. The molecule has 0 amide bonds. The fourth-order valence-corrected chi connectivity index (χ4v) is 1.31. The summed E-state index contributed by atoms with van der Waals surface area (Å²) < 4.78 is 4.99. The van der Waals surface area contributed by atoms with Crippen LogP contribution in [0.4, 0.5) is 0 Å². The summed E-state index contributed by atoms with van der Waals surface area (Å²) in [6.45, 7) is 1.86. The van der Waals surface area contributed by atoms with Crippen molar-refractivity contribution in [3.63, 3.8) is 0 Å². The Morgan fingerprint density at radius 3 is 2.62 bits per heavy atom. The van der Waals surface area contributed by atoms with E-state index in [1.807, 2.05) is 13.0 Å². The molecule has 0 unspecified atom stereocenters. The summed E-state index contributed by atoms with van der Waals surface area (Å²) in [4.78, 5) is 21.7. The fourth-order valence-electron chi connectivity index (χ4n) is 1.06. The summed E-state index contributed by atoms with van der Waals surface area (Å²) in [5, 5.41) is -0.205. The number of hydrogen-bond donors (Lipinski definition) is 0. The van der Waals surface area contributed by atoms with E-state index in [2.05, 4.69) is 0 Å². The monoisotopic (exact) mass is 260 g/mol. The van der Waals surface area contributed by atoms with Crippen molar-refractivity contribution in [3.05, 3.63) is 28.8 Å². The van der Waals surface area contributed by atoms with Crippen molar-refractivity contribution in [2.45, 2.75) is 19.8 Å². The summed E-state index contributed by atoms with van der Waals surface area (Å²) in [5.41, 5.74) is 0.931. The minimum Gasteiger partial charge on any atom is -0.425 e. The van der Waals surface area contributed by atoms with E-state index in [-0.39, 0.29) is 12.8 Å². The number of aryl methyl sites for hydroxylation is 1. The van der Waals surface area contributed by atoms with E-state index in [9.17, 15) is 9.59 Å². The van der Waals surface area contributed by atoms with Crippen molar-refractivity contribution in [1.29, 1.82) is 0 Å². The maximum absolute atomic E-state index is 11.3. The molecule has 3 nitrogen and oxygen atoms in total. The van der Waals surface area contributed by atoms with Crippen LogP contribution in [0, 0.1) is 6.92 Å². The number of hydrogen-bond acceptors (Lipinski definition) is 3. The minimum atomic E-state index is -0.563. The third-order valence-corrected chi connectivity index (χ3v) is 2.34. The molecule has 0 fully saturated rings. The highest BCUT2D eigenvalue weighted by Crippen LogP contribution is 2.25. The predicted molar refractivity (Wildman–Crippen MR) is 61.9 cm³/mol. The molecule has 0 heterocycles. The second kappa shape index (κ2) is 5.87. The molecule has 0 aliphatic heterocycles. The Labute approximate surface area is 103 Å². The molecule has 5 heteroatoms. The molecule has 0 N–H and O–H groups in total.